The fourth-order valence-corrected chi connectivity index (χ4v) is 2.30. The second-order valence-electron chi connectivity index (χ2n) is 4.67. The second kappa shape index (κ2) is 5.65. The maximum Gasteiger partial charge on any atom is 0.241 e. The van der Waals surface area contributed by atoms with Crippen LogP contribution in [0.15, 0.2) is 16.6 Å². The third kappa shape index (κ3) is 3.54. The lowest BCUT2D eigenvalue weighted by molar-refractivity contribution is -0.118. The summed E-state index contributed by atoms with van der Waals surface area (Å²) in [7, 11) is 0. The van der Waals surface area contributed by atoms with E-state index in [4.69, 9.17) is 5.73 Å². The normalized spacial score (nSPS) is 12.6. The smallest absolute Gasteiger partial charge is 0.241 e. The lowest BCUT2D eigenvalue weighted by atomic mass is 10.0. The number of halogens is 1. The molecule has 0 heterocycles. The van der Waals surface area contributed by atoms with Crippen molar-refractivity contribution >= 4 is 27.5 Å². The van der Waals surface area contributed by atoms with Gasteiger partial charge in [-0.05, 0) is 43.0 Å². The zero-order valence-corrected chi connectivity index (χ0v) is 12.3. The van der Waals surface area contributed by atoms with Crippen LogP contribution in [0.2, 0.25) is 0 Å². The molecule has 1 aromatic rings. The van der Waals surface area contributed by atoms with Crippen molar-refractivity contribution in [2.75, 3.05) is 5.32 Å². The van der Waals surface area contributed by atoms with E-state index in [-0.39, 0.29) is 11.8 Å². The molecule has 3 nitrogen and oxygen atoms in total. The number of anilines is 1. The summed E-state index contributed by atoms with van der Waals surface area (Å²) in [5.74, 6) is -0.000386. The van der Waals surface area contributed by atoms with Crippen molar-refractivity contribution in [3.63, 3.8) is 0 Å². The van der Waals surface area contributed by atoms with Gasteiger partial charge in [0.1, 0.15) is 0 Å². The molecular weight excluding hydrogens is 280 g/mol. The van der Waals surface area contributed by atoms with Crippen LogP contribution in [0.4, 0.5) is 5.69 Å². The zero-order chi connectivity index (χ0) is 13.2. The van der Waals surface area contributed by atoms with Gasteiger partial charge >= 0.3 is 0 Å². The molecule has 0 spiro atoms. The molecule has 1 amide bonds. The average Bonchev–Trinajstić information content (AvgIpc) is 2.21. The maximum absolute atomic E-state index is 11.9. The van der Waals surface area contributed by atoms with Crippen LogP contribution in [-0.4, -0.2) is 11.9 Å². The molecule has 0 aliphatic carbocycles. The number of carbonyl (C=O) groups is 1. The Balaban J connectivity index is 2.93. The van der Waals surface area contributed by atoms with Gasteiger partial charge in [-0.2, -0.15) is 0 Å². The molecule has 1 atom stereocenters. The van der Waals surface area contributed by atoms with Crippen molar-refractivity contribution in [2.24, 2.45) is 11.7 Å². The van der Waals surface area contributed by atoms with Crippen LogP contribution in [0, 0.1) is 19.8 Å². The molecule has 0 radical (unpaired) electrons. The Morgan fingerprint density at radius 2 is 1.76 bits per heavy atom. The summed E-state index contributed by atoms with van der Waals surface area (Å²) in [6, 6.07) is 3.48. The Morgan fingerprint density at radius 1 is 1.29 bits per heavy atom. The summed E-state index contributed by atoms with van der Waals surface area (Å²) in [5, 5.41) is 2.90. The summed E-state index contributed by atoms with van der Waals surface area (Å²) in [4.78, 5) is 11.9. The van der Waals surface area contributed by atoms with Gasteiger partial charge in [0, 0.05) is 10.2 Å². The zero-order valence-electron chi connectivity index (χ0n) is 10.7. The van der Waals surface area contributed by atoms with Gasteiger partial charge < -0.3 is 11.1 Å². The predicted molar refractivity (Wildman–Crippen MR) is 75.1 cm³/mol. The summed E-state index contributed by atoms with van der Waals surface area (Å²) >= 11 is 3.43. The topological polar surface area (TPSA) is 55.1 Å². The van der Waals surface area contributed by atoms with Gasteiger partial charge in [0.25, 0.3) is 0 Å². The van der Waals surface area contributed by atoms with E-state index in [0.29, 0.717) is 0 Å². The van der Waals surface area contributed by atoms with Crippen molar-refractivity contribution < 1.29 is 4.79 Å². The fraction of sp³-hybridized carbons (Fsp3) is 0.462. The molecule has 0 aliphatic rings. The van der Waals surface area contributed by atoms with Crippen molar-refractivity contribution in [1.82, 2.24) is 0 Å². The largest absolute Gasteiger partial charge is 0.324 e. The molecule has 0 unspecified atom stereocenters. The van der Waals surface area contributed by atoms with Crippen LogP contribution in [0.1, 0.15) is 25.0 Å². The van der Waals surface area contributed by atoms with Gasteiger partial charge in [0.05, 0.1) is 6.04 Å². The Bertz CT molecular complexity index is 406. The van der Waals surface area contributed by atoms with Crippen molar-refractivity contribution in [3.05, 3.63) is 27.7 Å². The molecule has 0 aromatic heterocycles. The molecule has 17 heavy (non-hydrogen) atoms. The van der Waals surface area contributed by atoms with E-state index in [9.17, 15) is 4.79 Å². The van der Waals surface area contributed by atoms with Gasteiger partial charge in [-0.3, -0.25) is 4.79 Å². The molecule has 3 N–H and O–H groups in total. The maximum atomic E-state index is 11.9. The van der Waals surface area contributed by atoms with Crippen LogP contribution in [-0.2, 0) is 4.79 Å². The summed E-state index contributed by atoms with van der Waals surface area (Å²) in [5.41, 5.74) is 8.73. The number of nitrogens with two attached hydrogens (primary N) is 1. The van der Waals surface area contributed by atoms with Gasteiger partial charge in [-0.15, -0.1) is 0 Å². The molecule has 4 heteroatoms. The SMILES string of the molecule is Cc1cc(Br)cc(C)c1NC(=O)[C@H](N)C(C)C. The van der Waals surface area contributed by atoms with E-state index >= 15 is 0 Å². The highest BCUT2D eigenvalue weighted by Gasteiger charge is 2.18. The van der Waals surface area contributed by atoms with E-state index in [0.717, 1.165) is 21.3 Å². The Hall–Kier alpha value is -0.870. The molecular formula is C13H19BrN2O. The minimum Gasteiger partial charge on any atom is -0.324 e. The number of aryl methyl sites for hydroxylation is 2. The van der Waals surface area contributed by atoms with E-state index in [1.807, 2.05) is 39.8 Å². The quantitative estimate of drug-likeness (QED) is 0.901. The molecule has 1 rings (SSSR count). The predicted octanol–water partition coefficient (Wildman–Crippen LogP) is 2.99. The van der Waals surface area contributed by atoms with Crippen LogP contribution in [0.3, 0.4) is 0 Å². The number of hydrogen-bond acceptors (Lipinski definition) is 2. The summed E-state index contributed by atoms with van der Waals surface area (Å²) in [6.45, 7) is 7.81. The first kappa shape index (κ1) is 14.2. The average molecular weight is 299 g/mol. The monoisotopic (exact) mass is 298 g/mol. The van der Waals surface area contributed by atoms with Crippen molar-refractivity contribution in [2.45, 2.75) is 33.7 Å². The first-order chi connectivity index (χ1) is 7.82. The van der Waals surface area contributed by atoms with Crippen molar-refractivity contribution in [3.8, 4) is 0 Å². The van der Waals surface area contributed by atoms with E-state index in [1.54, 1.807) is 0 Å². The molecule has 0 bridgehead atoms. The van der Waals surface area contributed by atoms with Gasteiger partial charge in [0.15, 0.2) is 0 Å². The number of amides is 1. The number of rotatable bonds is 3. The van der Waals surface area contributed by atoms with Gasteiger partial charge in [-0.1, -0.05) is 29.8 Å². The first-order valence-electron chi connectivity index (χ1n) is 5.66. The van der Waals surface area contributed by atoms with Crippen LogP contribution in [0.25, 0.3) is 0 Å². The highest BCUT2D eigenvalue weighted by atomic mass is 79.9. The number of benzene rings is 1. The number of nitrogens with one attached hydrogen (secondary N) is 1. The Kier molecular flexibility index (Phi) is 4.71. The van der Waals surface area contributed by atoms with Crippen LogP contribution < -0.4 is 11.1 Å². The highest BCUT2D eigenvalue weighted by molar-refractivity contribution is 9.10. The number of carbonyl (C=O) groups excluding carboxylic acids is 1. The second-order valence-corrected chi connectivity index (χ2v) is 5.59. The van der Waals surface area contributed by atoms with E-state index < -0.39 is 6.04 Å². The molecule has 94 valence electrons. The molecule has 0 fully saturated rings. The summed E-state index contributed by atoms with van der Waals surface area (Å²) in [6.07, 6.45) is 0. The Morgan fingerprint density at radius 3 is 2.18 bits per heavy atom. The first-order valence-corrected chi connectivity index (χ1v) is 6.45. The van der Waals surface area contributed by atoms with Crippen molar-refractivity contribution in [1.29, 1.82) is 0 Å². The third-order valence-corrected chi connectivity index (χ3v) is 3.22. The van der Waals surface area contributed by atoms with Crippen LogP contribution >= 0.6 is 15.9 Å². The third-order valence-electron chi connectivity index (χ3n) is 2.77. The lowest BCUT2D eigenvalue weighted by Gasteiger charge is -2.18. The number of hydrogen-bond donors (Lipinski definition) is 2. The molecule has 1 aromatic carbocycles. The van der Waals surface area contributed by atoms with Gasteiger partial charge in [-0.25, -0.2) is 0 Å². The fourth-order valence-electron chi connectivity index (χ4n) is 1.62. The minimum absolute atomic E-state index is 0.131. The standard InChI is InChI=1S/C13H19BrN2O/c1-7(2)11(15)13(17)16-12-8(3)5-10(14)6-9(12)4/h5-7,11H,15H2,1-4H3,(H,16,17)/t11-/m1/s1. The minimum atomic E-state index is -0.475. The van der Waals surface area contributed by atoms with E-state index in [1.165, 1.54) is 0 Å². The molecule has 0 saturated heterocycles. The summed E-state index contributed by atoms with van der Waals surface area (Å²) < 4.78 is 1.01. The highest BCUT2D eigenvalue weighted by Crippen LogP contribution is 2.25. The lowest BCUT2D eigenvalue weighted by Crippen LogP contribution is -2.40. The Labute approximate surface area is 111 Å². The van der Waals surface area contributed by atoms with Crippen LogP contribution in [0.5, 0.6) is 0 Å². The van der Waals surface area contributed by atoms with Gasteiger partial charge in [0.2, 0.25) is 5.91 Å². The van der Waals surface area contributed by atoms with E-state index in [2.05, 4.69) is 21.2 Å². The molecule has 0 aliphatic heterocycles. The molecule has 0 saturated carbocycles.